The highest BCUT2D eigenvalue weighted by atomic mass is 15.3. The first kappa shape index (κ1) is 17.3. The van der Waals surface area contributed by atoms with Gasteiger partial charge in [-0.3, -0.25) is 4.90 Å². The minimum atomic E-state index is 1.02. The smallest absolute Gasteiger partial charge is 0.137 e. The molecule has 138 valence electrons. The van der Waals surface area contributed by atoms with Gasteiger partial charge in [-0.25, -0.2) is 9.97 Å². The Kier molecular flexibility index (Phi) is 5.34. The SMILES string of the molecule is CCc1ccc(CN2CCN(c3ncnc4c3CCCCN4)CC2)cc1. The number of piperazine rings is 1. The second-order valence-electron chi connectivity index (χ2n) is 7.34. The number of aryl methyl sites for hydroxylation is 1. The van der Waals surface area contributed by atoms with Crippen LogP contribution in [0.2, 0.25) is 0 Å². The summed E-state index contributed by atoms with van der Waals surface area (Å²) in [4.78, 5) is 14.1. The van der Waals surface area contributed by atoms with E-state index in [-0.39, 0.29) is 0 Å². The lowest BCUT2D eigenvalue weighted by Gasteiger charge is -2.36. The molecule has 1 aromatic heterocycles. The van der Waals surface area contributed by atoms with Crippen LogP contribution in [0.3, 0.4) is 0 Å². The molecule has 1 saturated heterocycles. The number of aromatic nitrogens is 2. The van der Waals surface area contributed by atoms with E-state index < -0.39 is 0 Å². The third kappa shape index (κ3) is 3.83. The molecule has 26 heavy (non-hydrogen) atoms. The van der Waals surface area contributed by atoms with Crippen LogP contribution < -0.4 is 10.2 Å². The molecule has 5 nitrogen and oxygen atoms in total. The molecular formula is C21H29N5. The number of benzene rings is 1. The summed E-state index contributed by atoms with van der Waals surface area (Å²) in [5.74, 6) is 2.20. The maximum Gasteiger partial charge on any atom is 0.137 e. The molecule has 0 amide bonds. The van der Waals surface area contributed by atoms with Crippen LogP contribution in [-0.2, 0) is 19.4 Å². The Morgan fingerprint density at radius 1 is 0.962 bits per heavy atom. The van der Waals surface area contributed by atoms with Crippen LogP contribution in [0.25, 0.3) is 0 Å². The van der Waals surface area contributed by atoms with E-state index >= 15 is 0 Å². The molecule has 0 atom stereocenters. The van der Waals surface area contributed by atoms with Crippen LogP contribution >= 0.6 is 0 Å². The molecule has 0 bridgehead atoms. The molecule has 0 spiro atoms. The molecule has 2 aliphatic rings. The van der Waals surface area contributed by atoms with Crippen LogP contribution in [0.15, 0.2) is 30.6 Å². The average Bonchev–Trinajstić information content (AvgIpc) is 2.95. The largest absolute Gasteiger partial charge is 0.370 e. The highest BCUT2D eigenvalue weighted by Gasteiger charge is 2.23. The summed E-state index contributed by atoms with van der Waals surface area (Å²) < 4.78 is 0. The lowest BCUT2D eigenvalue weighted by molar-refractivity contribution is 0.249. The van der Waals surface area contributed by atoms with Crippen molar-refractivity contribution in [3.63, 3.8) is 0 Å². The average molecular weight is 351 g/mol. The molecule has 3 heterocycles. The van der Waals surface area contributed by atoms with Crippen molar-refractivity contribution in [2.75, 3.05) is 42.9 Å². The van der Waals surface area contributed by atoms with E-state index in [0.29, 0.717) is 0 Å². The van der Waals surface area contributed by atoms with Gasteiger partial charge in [0.15, 0.2) is 0 Å². The normalized spacial score (nSPS) is 18.1. The number of hydrogen-bond acceptors (Lipinski definition) is 5. The molecule has 1 aromatic carbocycles. The molecule has 0 radical (unpaired) electrons. The van der Waals surface area contributed by atoms with Gasteiger partial charge in [0.25, 0.3) is 0 Å². The van der Waals surface area contributed by atoms with Crippen molar-refractivity contribution in [3.8, 4) is 0 Å². The van der Waals surface area contributed by atoms with Gasteiger partial charge in [-0.1, -0.05) is 31.2 Å². The van der Waals surface area contributed by atoms with E-state index in [1.165, 1.54) is 29.5 Å². The summed E-state index contributed by atoms with van der Waals surface area (Å²) in [5.41, 5.74) is 4.14. The first-order valence-corrected chi connectivity index (χ1v) is 9.96. The zero-order valence-electron chi connectivity index (χ0n) is 15.7. The van der Waals surface area contributed by atoms with Gasteiger partial charge in [-0.05, 0) is 36.8 Å². The third-order valence-corrected chi connectivity index (χ3v) is 5.58. The van der Waals surface area contributed by atoms with Gasteiger partial charge in [0.1, 0.15) is 18.0 Å². The molecule has 1 N–H and O–H groups in total. The number of rotatable bonds is 4. The van der Waals surface area contributed by atoms with Gasteiger partial charge in [0.05, 0.1) is 0 Å². The monoisotopic (exact) mass is 351 g/mol. The highest BCUT2D eigenvalue weighted by molar-refractivity contribution is 5.59. The van der Waals surface area contributed by atoms with Gasteiger partial charge in [-0.15, -0.1) is 0 Å². The van der Waals surface area contributed by atoms with Gasteiger partial charge in [0.2, 0.25) is 0 Å². The Bertz CT molecular complexity index is 720. The molecule has 4 rings (SSSR count). The standard InChI is InChI=1S/C21H29N5/c1-2-17-6-8-18(9-7-17)15-25-11-13-26(14-12-25)21-19-5-3-4-10-22-20(19)23-16-24-21/h6-9,16H,2-5,10-15H2,1H3,(H,22,23,24). The van der Waals surface area contributed by atoms with Crippen molar-refractivity contribution in [1.82, 2.24) is 14.9 Å². The van der Waals surface area contributed by atoms with Crippen molar-refractivity contribution in [1.29, 1.82) is 0 Å². The lowest BCUT2D eigenvalue weighted by Crippen LogP contribution is -2.46. The van der Waals surface area contributed by atoms with Crippen LogP contribution in [-0.4, -0.2) is 47.6 Å². The van der Waals surface area contributed by atoms with E-state index in [0.717, 1.165) is 63.7 Å². The Labute approximate surface area is 156 Å². The van der Waals surface area contributed by atoms with Gasteiger partial charge in [0, 0.05) is 44.8 Å². The molecule has 0 aliphatic carbocycles. The highest BCUT2D eigenvalue weighted by Crippen LogP contribution is 2.28. The Balaban J connectivity index is 1.39. The fraction of sp³-hybridized carbons (Fsp3) is 0.524. The van der Waals surface area contributed by atoms with E-state index in [4.69, 9.17) is 0 Å². The van der Waals surface area contributed by atoms with Gasteiger partial charge >= 0.3 is 0 Å². The second-order valence-corrected chi connectivity index (χ2v) is 7.34. The number of anilines is 2. The van der Waals surface area contributed by atoms with Crippen molar-refractivity contribution in [2.24, 2.45) is 0 Å². The fourth-order valence-corrected chi connectivity index (χ4v) is 3.95. The number of nitrogens with zero attached hydrogens (tertiary/aromatic N) is 4. The molecule has 0 unspecified atom stereocenters. The lowest BCUT2D eigenvalue weighted by atomic mass is 10.1. The molecule has 1 fully saturated rings. The first-order chi connectivity index (χ1) is 12.8. The predicted molar refractivity (Wildman–Crippen MR) is 107 cm³/mol. The number of nitrogens with one attached hydrogen (secondary N) is 1. The van der Waals surface area contributed by atoms with E-state index in [9.17, 15) is 0 Å². The summed E-state index contributed by atoms with van der Waals surface area (Å²) in [7, 11) is 0. The van der Waals surface area contributed by atoms with Crippen LogP contribution in [0.4, 0.5) is 11.6 Å². The maximum absolute atomic E-state index is 4.64. The maximum atomic E-state index is 4.64. The Morgan fingerprint density at radius 3 is 2.50 bits per heavy atom. The Morgan fingerprint density at radius 2 is 1.73 bits per heavy atom. The third-order valence-electron chi connectivity index (χ3n) is 5.58. The molecule has 2 aromatic rings. The minimum absolute atomic E-state index is 1.02. The van der Waals surface area contributed by atoms with Crippen molar-refractivity contribution in [2.45, 2.75) is 39.2 Å². The topological polar surface area (TPSA) is 44.3 Å². The summed E-state index contributed by atoms with van der Waals surface area (Å²) in [5, 5.41) is 3.47. The van der Waals surface area contributed by atoms with E-state index in [1.54, 1.807) is 6.33 Å². The summed E-state index contributed by atoms with van der Waals surface area (Å²) in [6.07, 6.45) is 6.34. The number of fused-ring (bicyclic) bond motifs is 1. The van der Waals surface area contributed by atoms with Crippen molar-refractivity contribution >= 4 is 11.6 Å². The second kappa shape index (κ2) is 8.04. The van der Waals surface area contributed by atoms with Crippen LogP contribution in [0, 0.1) is 0 Å². The summed E-state index contributed by atoms with van der Waals surface area (Å²) in [6.45, 7) is 8.52. The van der Waals surface area contributed by atoms with Crippen LogP contribution in [0.1, 0.15) is 36.5 Å². The van der Waals surface area contributed by atoms with E-state index in [2.05, 4.69) is 56.3 Å². The van der Waals surface area contributed by atoms with Gasteiger partial charge in [-0.2, -0.15) is 0 Å². The predicted octanol–water partition coefficient (Wildman–Crippen LogP) is 3.11. The Hall–Kier alpha value is -2.14. The quantitative estimate of drug-likeness (QED) is 0.917. The van der Waals surface area contributed by atoms with Crippen LogP contribution in [0.5, 0.6) is 0 Å². The summed E-state index contributed by atoms with van der Waals surface area (Å²) in [6, 6.07) is 9.08. The van der Waals surface area contributed by atoms with E-state index in [1.807, 2.05) is 0 Å². The molecule has 5 heteroatoms. The van der Waals surface area contributed by atoms with Crippen molar-refractivity contribution < 1.29 is 0 Å². The zero-order chi connectivity index (χ0) is 17.8. The molecular weight excluding hydrogens is 322 g/mol. The zero-order valence-corrected chi connectivity index (χ0v) is 15.7. The molecule has 0 saturated carbocycles. The number of hydrogen-bond donors (Lipinski definition) is 1. The molecule has 2 aliphatic heterocycles. The van der Waals surface area contributed by atoms with Crippen molar-refractivity contribution in [3.05, 3.63) is 47.3 Å². The fourth-order valence-electron chi connectivity index (χ4n) is 3.95. The first-order valence-electron chi connectivity index (χ1n) is 9.96. The van der Waals surface area contributed by atoms with Gasteiger partial charge < -0.3 is 10.2 Å². The minimum Gasteiger partial charge on any atom is -0.370 e. The summed E-state index contributed by atoms with van der Waals surface area (Å²) >= 11 is 0.